The average Bonchev–Trinajstić information content (AvgIpc) is 3.60. The number of nitrogens with zero attached hydrogens (tertiary/aromatic N) is 4. The van der Waals surface area contributed by atoms with Gasteiger partial charge in [0.05, 0.1) is 44.0 Å². The van der Waals surface area contributed by atoms with Gasteiger partial charge in [0.25, 0.3) is 0 Å². The molecule has 7 atom stereocenters. The van der Waals surface area contributed by atoms with Gasteiger partial charge in [0.15, 0.2) is 0 Å². The van der Waals surface area contributed by atoms with Crippen LogP contribution in [0.25, 0.3) is 22.5 Å². The highest BCUT2D eigenvalue weighted by Gasteiger charge is 2.50. The number of imidazole rings is 2. The highest BCUT2D eigenvalue weighted by Crippen LogP contribution is 2.43. The molecule has 5 rings (SSSR count). The number of hydrogen-bond acceptors (Lipinski definition) is 7. The number of terminal acetylenes is 1. The van der Waals surface area contributed by atoms with Gasteiger partial charge >= 0.3 is 6.09 Å². The molecule has 62 heavy (non-hydrogen) atoms. The van der Waals surface area contributed by atoms with Crippen LogP contribution in [0.1, 0.15) is 96.2 Å². The summed E-state index contributed by atoms with van der Waals surface area (Å²) in [6, 6.07) is 10.5. The first-order valence-electron chi connectivity index (χ1n) is 21.3. The molecule has 1 aliphatic rings. The third-order valence-corrected chi connectivity index (χ3v) is 12.2. The second-order valence-electron chi connectivity index (χ2n) is 17.4. The Morgan fingerprint density at radius 3 is 1.68 bits per heavy atom. The van der Waals surface area contributed by atoms with Gasteiger partial charge in [-0.25, -0.2) is 14.8 Å². The van der Waals surface area contributed by atoms with E-state index in [1.54, 1.807) is 17.3 Å². The first kappa shape index (κ1) is 46.7. The highest BCUT2D eigenvalue weighted by atomic mass is 16.5. The second kappa shape index (κ2) is 20.0. The molecule has 4 aromatic rings. The van der Waals surface area contributed by atoms with Crippen molar-refractivity contribution in [1.29, 1.82) is 0 Å². The number of aromatic amines is 2. The SMILES string of the molecule is C#CC(C)[C@@H](C)N(Cc1ncc(-c2ccc(C#Cc3ccc(-c4cnc(CN(C(=O)C(NC(C)=O)C(C)C)C5C(C)[C@H]5C)[nH]4)cc3C)c(C)c2)[nH]1)C(=O)C(NC(=O)OC)C(C)C. The Balaban J connectivity index is 1.29. The zero-order valence-electron chi connectivity index (χ0n) is 38.1. The minimum absolute atomic E-state index is 0.0556. The van der Waals surface area contributed by atoms with Crippen molar-refractivity contribution in [2.24, 2.45) is 29.6 Å². The molecular formula is C49H62N8O5. The summed E-state index contributed by atoms with van der Waals surface area (Å²) in [6.45, 7) is 21.7. The van der Waals surface area contributed by atoms with Gasteiger partial charge in [0.1, 0.15) is 23.7 Å². The van der Waals surface area contributed by atoms with Crippen molar-refractivity contribution in [1.82, 2.24) is 40.4 Å². The molecule has 1 aliphatic carbocycles. The van der Waals surface area contributed by atoms with Crippen LogP contribution >= 0.6 is 0 Å². The number of carbonyl (C=O) groups is 4. The number of benzene rings is 2. The van der Waals surface area contributed by atoms with Crippen LogP contribution in [0, 0.1) is 67.6 Å². The maximum Gasteiger partial charge on any atom is 0.407 e. The summed E-state index contributed by atoms with van der Waals surface area (Å²) in [5.41, 5.74) is 7.30. The summed E-state index contributed by atoms with van der Waals surface area (Å²) >= 11 is 0. The van der Waals surface area contributed by atoms with Gasteiger partial charge in [-0.1, -0.05) is 65.5 Å². The number of alkyl carbamates (subject to hydrolysis) is 1. The summed E-state index contributed by atoms with van der Waals surface area (Å²) in [7, 11) is 1.26. The molecule has 0 radical (unpaired) electrons. The Hall–Kier alpha value is -6.34. The summed E-state index contributed by atoms with van der Waals surface area (Å²) in [6.07, 6.45) is 8.62. The molecule has 4 N–H and O–H groups in total. The van der Waals surface area contributed by atoms with Crippen molar-refractivity contribution in [3.63, 3.8) is 0 Å². The number of aryl methyl sites for hydroxylation is 2. The van der Waals surface area contributed by atoms with Crippen molar-refractivity contribution < 1.29 is 23.9 Å². The summed E-state index contributed by atoms with van der Waals surface area (Å²) in [4.78, 5) is 71.4. The fraction of sp³-hybridized carbons (Fsp3) is 0.469. The van der Waals surface area contributed by atoms with E-state index in [1.165, 1.54) is 14.0 Å². The minimum atomic E-state index is -0.810. The molecule has 1 fully saturated rings. The van der Waals surface area contributed by atoms with Gasteiger partial charge in [-0.05, 0) is 97.9 Å². The number of H-pyrrole nitrogens is 2. The van der Waals surface area contributed by atoms with Gasteiger partial charge in [0, 0.05) is 36.1 Å². The second-order valence-corrected chi connectivity index (χ2v) is 17.4. The number of amides is 4. The first-order valence-corrected chi connectivity index (χ1v) is 21.3. The number of carbonyl (C=O) groups excluding carboxylic acids is 4. The third-order valence-electron chi connectivity index (χ3n) is 12.2. The molecule has 1 saturated carbocycles. The number of rotatable bonds is 15. The molecule has 0 saturated heterocycles. The lowest BCUT2D eigenvalue weighted by Gasteiger charge is -2.35. The highest BCUT2D eigenvalue weighted by molar-refractivity contribution is 5.88. The maximum absolute atomic E-state index is 13.9. The normalized spacial score (nSPS) is 17.5. The zero-order valence-corrected chi connectivity index (χ0v) is 38.1. The topological polar surface area (TPSA) is 165 Å². The lowest BCUT2D eigenvalue weighted by atomic mass is 9.98. The molecule has 328 valence electrons. The molecule has 2 aromatic heterocycles. The molecule has 13 heteroatoms. The summed E-state index contributed by atoms with van der Waals surface area (Å²) < 4.78 is 4.78. The predicted molar refractivity (Wildman–Crippen MR) is 241 cm³/mol. The van der Waals surface area contributed by atoms with E-state index in [4.69, 9.17) is 11.2 Å². The molecule has 0 aliphatic heterocycles. The third kappa shape index (κ3) is 10.9. The smallest absolute Gasteiger partial charge is 0.407 e. The van der Waals surface area contributed by atoms with Crippen LogP contribution in [0.5, 0.6) is 0 Å². The van der Waals surface area contributed by atoms with Crippen LogP contribution in [-0.2, 0) is 32.2 Å². The fourth-order valence-corrected chi connectivity index (χ4v) is 7.73. The van der Waals surface area contributed by atoms with Crippen LogP contribution < -0.4 is 10.6 Å². The number of aromatic nitrogens is 4. The Morgan fingerprint density at radius 1 is 0.774 bits per heavy atom. The Morgan fingerprint density at radius 2 is 1.26 bits per heavy atom. The van der Waals surface area contributed by atoms with E-state index in [1.807, 2.05) is 84.6 Å². The molecule has 0 spiro atoms. The van der Waals surface area contributed by atoms with E-state index >= 15 is 0 Å². The van der Waals surface area contributed by atoms with E-state index in [-0.39, 0.29) is 54.1 Å². The van der Waals surface area contributed by atoms with Crippen LogP contribution in [0.4, 0.5) is 4.79 Å². The van der Waals surface area contributed by atoms with E-state index in [0.717, 1.165) is 44.8 Å². The van der Waals surface area contributed by atoms with Crippen LogP contribution in [0.2, 0.25) is 0 Å². The monoisotopic (exact) mass is 842 g/mol. The van der Waals surface area contributed by atoms with E-state index in [0.29, 0.717) is 30.0 Å². The number of nitrogens with one attached hydrogen (secondary N) is 4. The van der Waals surface area contributed by atoms with Crippen molar-refractivity contribution in [2.75, 3.05) is 7.11 Å². The molecule has 13 nitrogen and oxygen atoms in total. The standard InChI is InChI=1S/C49H62N8O5/c1-14-29(6)34(11)56(47(59)45(28(4)5)55-49(61)62-13)25-42-50-23-40(53-42)38-19-17-36(30(7)21-38)15-16-37-18-20-39(22-31(37)8)41-24-51-43(54-41)26-57(46-32(9)33(46)10)48(60)44(27(2)3)52-35(12)58/h1,17-24,27-29,32-34,44-46H,25-26H2,2-13H3,(H,50,53)(H,51,54)(H,52,58)(H,55,61)/t29?,32-,33?,34-,44?,45?,46?/m1/s1. The van der Waals surface area contributed by atoms with Crippen molar-refractivity contribution >= 4 is 23.8 Å². The Labute approximate surface area is 366 Å². The predicted octanol–water partition coefficient (Wildman–Crippen LogP) is 6.99. The maximum atomic E-state index is 13.9. The van der Waals surface area contributed by atoms with Crippen molar-refractivity contribution in [3.8, 4) is 46.7 Å². The molecular weight excluding hydrogens is 781 g/mol. The molecule has 2 heterocycles. The number of hydrogen-bond donors (Lipinski definition) is 4. The van der Waals surface area contributed by atoms with Crippen molar-refractivity contribution in [3.05, 3.63) is 82.7 Å². The summed E-state index contributed by atoms with van der Waals surface area (Å²) in [5, 5.41) is 5.53. The quantitative estimate of drug-likeness (QED) is 0.0937. The van der Waals surface area contributed by atoms with Gasteiger partial charge < -0.3 is 35.1 Å². The van der Waals surface area contributed by atoms with Crippen molar-refractivity contribution in [2.45, 2.75) is 113 Å². The average molecular weight is 843 g/mol. The van der Waals surface area contributed by atoms with Gasteiger partial charge in [-0.2, -0.15) is 0 Å². The van der Waals surface area contributed by atoms with Gasteiger partial charge in [-0.15, -0.1) is 12.3 Å². The lowest BCUT2D eigenvalue weighted by molar-refractivity contribution is -0.139. The Kier molecular flexibility index (Phi) is 15.1. The van der Waals surface area contributed by atoms with E-state index in [9.17, 15) is 19.2 Å². The molecule has 2 aromatic carbocycles. The minimum Gasteiger partial charge on any atom is -0.453 e. The van der Waals surface area contributed by atoms with E-state index < -0.39 is 18.2 Å². The number of methoxy groups -OCH3 is 1. The van der Waals surface area contributed by atoms with Crippen LogP contribution in [0.3, 0.4) is 0 Å². The summed E-state index contributed by atoms with van der Waals surface area (Å²) in [5.74, 6) is 10.3. The van der Waals surface area contributed by atoms with E-state index in [2.05, 4.69) is 74.3 Å². The zero-order chi connectivity index (χ0) is 45.6. The van der Waals surface area contributed by atoms with Crippen LogP contribution in [-0.4, -0.2) is 84.8 Å². The Bertz CT molecular complexity index is 2370. The van der Waals surface area contributed by atoms with Gasteiger partial charge in [-0.3, -0.25) is 14.4 Å². The first-order chi connectivity index (χ1) is 29.3. The fourth-order valence-electron chi connectivity index (χ4n) is 7.73. The van der Waals surface area contributed by atoms with Gasteiger partial charge in [0.2, 0.25) is 17.7 Å². The largest absolute Gasteiger partial charge is 0.453 e. The number of ether oxygens (including phenoxy) is 1. The molecule has 4 amide bonds. The van der Waals surface area contributed by atoms with Crippen LogP contribution in [0.15, 0.2) is 48.8 Å². The molecule has 0 bridgehead atoms. The lowest BCUT2D eigenvalue weighted by Crippen LogP contribution is -2.54. The molecule has 5 unspecified atom stereocenters.